The van der Waals surface area contributed by atoms with Crippen LogP contribution < -0.4 is 25.1 Å². The number of benzene rings is 2. The molecule has 0 bridgehead atoms. The monoisotopic (exact) mass is 583 g/mol. The number of para-hydroxylation sites is 1. The Kier molecular flexibility index (Phi) is 8.86. The number of hydrogen-bond acceptors (Lipinski definition) is 9. The summed E-state index contributed by atoms with van der Waals surface area (Å²) in [6, 6.07) is 18.5. The Morgan fingerprint density at radius 2 is 1.84 bits per heavy atom. The van der Waals surface area contributed by atoms with Gasteiger partial charge in [-0.25, -0.2) is 9.67 Å². The van der Waals surface area contributed by atoms with Crippen molar-refractivity contribution in [1.82, 2.24) is 25.6 Å². The highest BCUT2D eigenvalue weighted by Gasteiger charge is 2.16. The molecule has 12 heteroatoms. The molecule has 2 N–H and O–H groups in total. The van der Waals surface area contributed by atoms with Crippen LogP contribution in [0.5, 0.6) is 17.4 Å². The quantitative estimate of drug-likeness (QED) is 0.166. The molecule has 220 valence electrons. The third-order valence-corrected chi connectivity index (χ3v) is 6.10. The molecule has 0 aliphatic carbocycles. The summed E-state index contributed by atoms with van der Waals surface area (Å²) >= 11 is 0. The van der Waals surface area contributed by atoms with E-state index in [1.807, 2.05) is 49.4 Å². The van der Waals surface area contributed by atoms with Crippen molar-refractivity contribution < 1.29 is 32.6 Å². The first-order chi connectivity index (χ1) is 20.9. The number of carbonyl (C=O) groups excluding carboxylic acids is 2. The number of methoxy groups -OCH3 is 1. The van der Waals surface area contributed by atoms with E-state index in [9.17, 15) is 9.59 Å². The lowest BCUT2D eigenvalue weighted by molar-refractivity contribution is -0.125. The Bertz CT molecular complexity index is 1720. The van der Waals surface area contributed by atoms with Gasteiger partial charge in [0.1, 0.15) is 24.7 Å². The number of nitrogens with one attached hydrogen (secondary N) is 2. The second-order valence-corrected chi connectivity index (χ2v) is 9.24. The van der Waals surface area contributed by atoms with Gasteiger partial charge in [-0.3, -0.25) is 20.4 Å². The summed E-state index contributed by atoms with van der Waals surface area (Å²) in [5.74, 6) is 2.00. The third-order valence-electron chi connectivity index (χ3n) is 6.10. The highest BCUT2D eigenvalue weighted by atomic mass is 16.5. The molecule has 0 radical (unpaired) electrons. The molecule has 43 heavy (non-hydrogen) atoms. The standard InChI is InChI=1S/C31H29N5O7/c1-20-25(32-31(43-20)27-10-7-15-40-27)19-41-26-13-11-22(16-28(26)39-3)18-42-30-23(12-14-29(38)34-33-21(2)37)17-36(35-30)24-8-5-4-6-9-24/h4-17H,18-19H2,1-3H3,(H,33,37)(H,34,38). The minimum Gasteiger partial charge on any atom is -0.493 e. The van der Waals surface area contributed by atoms with Crippen molar-refractivity contribution >= 4 is 17.9 Å². The number of ether oxygens (including phenoxy) is 3. The van der Waals surface area contributed by atoms with Crippen molar-refractivity contribution in [3.63, 3.8) is 0 Å². The first-order valence-electron chi connectivity index (χ1n) is 13.2. The number of carbonyl (C=O) groups is 2. The van der Waals surface area contributed by atoms with Gasteiger partial charge in [-0.2, -0.15) is 0 Å². The third kappa shape index (κ3) is 7.30. The van der Waals surface area contributed by atoms with Crippen LogP contribution in [0, 0.1) is 6.92 Å². The molecule has 3 heterocycles. The number of aryl methyl sites for hydroxylation is 1. The van der Waals surface area contributed by atoms with E-state index in [0.717, 1.165) is 11.3 Å². The van der Waals surface area contributed by atoms with Crippen LogP contribution in [0.3, 0.4) is 0 Å². The lowest BCUT2D eigenvalue weighted by atomic mass is 10.2. The normalized spacial score (nSPS) is 11.0. The van der Waals surface area contributed by atoms with E-state index in [0.29, 0.717) is 46.0 Å². The van der Waals surface area contributed by atoms with Gasteiger partial charge in [0.15, 0.2) is 17.3 Å². The van der Waals surface area contributed by atoms with Crippen LogP contribution >= 0.6 is 0 Å². The van der Waals surface area contributed by atoms with E-state index in [1.54, 1.807) is 48.5 Å². The molecule has 3 aromatic heterocycles. The molecule has 2 aromatic carbocycles. The first kappa shape index (κ1) is 28.7. The average molecular weight is 584 g/mol. The molecule has 0 saturated carbocycles. The number of hydrogen-bond donors (Lipinski definition) is 2. The van der Waals surface area contributed by atoms with E-state index in [1.165, 1.54) is 13.0 Å². The second-order valence-electron chi connectivity index (χ2n) is 9.24. The summed E-state index contributed by atoms with van der Waals surface area (Å²) in [6.45, 7) is 3.44. The summed E-state index contributed by atoms with van der Waals surface area (Å²) < 4.78 is 30.3. The van der Waals surface area contributed by atoms with Crippen molar-refractivity contribution in [3.8, 4) is 34.7 Å². The molecular formula is C31H29N5O7. The summed E-state index contributed by atoms with van der Waals surface area (Å²) in [4.78, 5) is 27.6. The summed E-state index contributed by atoms with van der Waals surface area (Å²) in [5.41, 5.74) is 7.34. The van der Waals surface area contributed by atoms with E-state index in [4.69, 9.17) is 23.0 Å². The first-order valence-corrected chi connectivity index (χ1v) is 13.2. The molecule has 0 aliphatic heterocycles. The minimum absolute atomic E-state index is 0.163. The van der Waals surface area contributed by atoms with Crippen LogP contribution in [0.4, 0.5) is 0 Å². The molecule has 5 rings (SSSR count). The predicted octanol–water partition coefficient (Wildman–Crippen LogP) is 4.78. The zero-order valence-corrected chi connectivity index (χ0v) is 23.7. The molecule has 0 atom stereocenters. The van der Waals surface area contributed by atoms with Crippen LogP contribution in [0.1, 0.15) is 29.5 Å². The van der Waals surface area contributed by atoms with Crippen molar-refractivity contribution in [2.45, 2.75) is 27.1 Å². The van der Waals surface area contributed by atoms with Gasteiger partial charge in [-0.1, -0.05) is 24.3 Å². The van der Waals surface area contributed by atoms with Gasteiger partial charge in [0.2, 0.25) is 11.8 Å². The number of hydrazine groups is 1. The molecule has 0 spiro atoms. The fourth-order valence-corrected chi connectivity index (χ4v) is 3.95. The van der Waals surface area contributed by atoms with E-state index in [2.05, 4.69) is 20.9 Å². The summed E-state index contributed by atoms with van der Waals surface area (Å²) in [7, 11) is 1.56. The van der Waals surface area contributed by atoms with Gasteiger partial charge in [0.25, 0.3) is 11.8 Å². The molecule has 5 aromatic rings. The topological polar surface area (TPSA) is 143 Å². The number of rotatable bonds is 11. The Balaban J connectivity index is 1.28. The van der Waals surface area contributed by atoms with Crippen LogP contribution in [0.25, 0.3) is 23.4 Å². The lowest BCUT2D eigenvalue weighted by Crippen LogP contribution is -2.39. The van der Waals surface area contributed by atoms with Crippen LogP contribution in [-0.2, 0) is 22.8 Å². The van der Waals surface area contributed by atoms with Gasteiger partial charge in [-0.05, 0) is 55.0 Å². The second kappa shape index (κ2) is 13.3. The Hall–Kier alpha value is -5.78. The maximum atomic E-state index is 12.1. The minimum atomic E-state index is -0.507. The largest absolute Gasteiger partial charge is 0.493 e. The van der Waals surface area contributed by atoms with Crippen LogP contribution in [0.15, 0.2) is 88.0 Å². The summed E-state index contributed by atoms with van der Waals surface area (Å²) in [6.07, 6.45) is 6.13. The molecular weight excluding hydrogens is 554 g/mol. The fraction of sp³-hybridized carbons (Fsp3) is 0.161. The zero-order chi connectivity index (χ0) is 30.2. The van der Waals surface area contributed by atoms with Crippen LogP contribution in [0.2, 0.25) is 0 Å². The maximum Gasteiger partial charge on any atom is 0.263 e. The number of aromatic nitrogens is 3. The molecule has 0 aliphatic rings. The van der Waals surface area contributed by atoms with E-state index >= 15 is 0 Å². The number of oxazole rings is 1. The number of nitrogens with zero attached hydrogens (tertiary/aromatic N) is 3. The predicted molar refractivity (Wildman–Crippen MR) is 155 cm³/mol. The van der Waals surface area contributed by atoms with Crippen molar-refractivity contribution in [3.05, 3.63) is 102 Å². The highest BCUT2D eigenvalue weighted by molar-refractivity contribution is 5.93. The SMILES string of the molecule is COc1cc(COc2nn(-c3ccccc3)cc2C=CC(=O)NNC(C)=O)ccc1OCc1nc(-c2ccco2)oc1C. The zero-order valence-electron chi connectivity index (χ0n) is 23.7. The smallest absolute Gasteiger partial charge is 0.263 e. The maximum absolute atomic E-state index is 12.1. The van der Waals surface area contributed by atoms with Gasteiger partial charge < -0.3 is 23.0 Å². The summed E-state index contributed by atoms with van der Waals surface area (Å²) in [5, 5.41) is 4.56. The number of furan rings is 1. The Labute approximate surface area is 246 Å². The average Bonchev–Trinajstić information content (AvgIpc) is 3.78. The molecule has 2 amide bonds. The Morgan fingerprint density at radius 1 is 1.00 bits per heavy atom. The van der Waals surface area contributed by atoms with Crippen molar-refractivity contribution in [2.24, 2.45) is 0 Å². The lowest BCUT2D eigenvalue weighted by Gasteiger charge is -2.12. The van der Waals surface area contributed by atoms with Gasteiger partial charge in [0.05, 0.1) is 24.6 Å². The fourth-order valence-electron chi connectivity index (χ4n) is 3.95. The van der Waals surface area contributed by atoms with E-state index < -0.39 is 5.91 Å². The number of amides is 2. The van der Waals surface area contributed by atoms with Gasteiger partial charge in [0, 0.05) is 19.2 Å². The van der Waals surface area contributed by atoms with Crippen molar-refractivity contribution in [1.29, 1.82) is 0 Å². The molecule has 0 unspecified atom stereocenters. The molecule has 0 fully saturated rings. The molecule has 12 nitrogen and oxygen atoms in total. The Morgan fingerprint density at radius 3 is 2.58 bits per heavy atom. The molecule has 0 saturated heterocycles. The van der Waals surface area contributed by atoms with Crippen molar-refractivity contribution in [2.75, 3.05) is 7.11 Å². The van der Waals surface area contributed by atoms with Gasteiger partial charge >= 0.3 is 0 Å². The van der Waals surface area contributed by atoms with E-state index in [-0.39, 0.29) is 19.1 Å². The highest BCUT2D eigenvalue weighted by Crippen LogP contribution is 2.31. The van der Waals surface area contributed by atoms with Gasteiger partial charge in [-0.15, -0.1) is 5.10 Å². The van der Waals surface area contributed by atoms with Crippen LogP contribution in [-0.4, -0.2) is 33.7 Å².